The smallest absolute Gasteiger partial charge is 0.315 e. The molecular weight excluding hydrogens is 280 g/mol. The molecule has 1 aromatic rings. The number of hydrogen-bond acceptors (Lipinski definition) is 3. The number of carbonyl (C=O) groups is 1. The predicted octanol–water partition coefficient (Wildman–Crippen LogP) is 2.29. The van der Waals surface area contributed by atoms with Crippen molar-refractivity contribution < 1.29 is 14.6 Å². The molecule has 22 heavy (non-hydrogen) atoms. The van der Waals surface area contributed by atoms with Gasteiger partial charge in [0, 0.05) is 32.6 Å². The van der Waals surface area contributed by atoms with E-state index in [9.17, 15) is 9.90 Å². The fourth-order valence-corrected chi connectivity index (χ4v) is 2.60. The fourth-order valence-electron chi connectivity index (χ4n) is 2.60. The van der Waals surface area contributed by atoms with Crippen LogP contribution < -0.4 is 10.6 Å². The molecule has 0 bridgehead atoms. The second kappa shape index (κ2) is 7.61. The van der Waals surface area contributed by atoms with Gasteiger partial charge in [-0.2, -0.15) is 0 Å². The molecule has 5 heteroatoms. The summed E-state index contributed by atoms with van der Waals surface area (Å²) in [6, 6.07) is 7.90. The molecule has 2 rings (SSSR count). The molecule has 3 N–H and O–H groups in total. The Morgan fingerprint density at radius 2 is 1.95 bits per heavy atom. The van der Waals surface area contributed by atoms with Gasteiger partial charge >= 0.3 is 6.03 Å². The van der Waals surface area contributed by atoms with Crippen LogP contribution in [-0.2, 0) is 4.74 Å². The van der Waals surface area contributed by atoms with E-state index in [-0.39, 0.29) is 18.6 Å². The first kappa shape index (κ1) is 16.8. The topological polar surface area (TPSA) is 70.6 Å². The first-order valence-corrected chi connectivity index (χ1v) is 7.93. The minimum atomic E-state index is -0.846. The van der Waals surface area contributed by atoms with Gasteiger partial charge in [-0.05, 0) is 18.9 Å². The standard InChI is InChI=1S/C17H26N2O3/c1-3-15(14-6-4-13(2)5-7-14)19-16(20)18-12-17(21)8-10-22-11-9-17/h4-7,15,21H,3,8-12H2,1-2H3,(H2,18,19,20). The van der Waals surface area contributed by atoms with Gasteiger partial charge in [-0.1, -0.05) is 36.8 Å². The molecule has 0 radical (unpaired) electrons. The van der Waals surface area contributed by atoms with Crippen molar-refractivity contribution in [2.75, 3.05) is 19.8 Å². The van der Waals surface area contributed by atoms with Crippen LogP contribution in [0.4, 0.5) is 4.79 Å². The second-order valence-electron chi connectivity index (χ2n) is 6.04. The van der Waals surface area contributed by atoms with E-state index in [1.807, 2.05) is 38.1 Å². The number of rotatable bonds is 5. The Hall–Kier alpha value is -1.59. The van der Waals surface area contributed by atoms with Gasteiger partial charge in [0.15, 0.2) is 0 Å². The van der Waals surface area contributed by atoms with E-state index in [1.54, 1.807) is 0 Å². The highest BCUT2D eigenvalue weighted by Gasteiger charge is 2.30. The van der Waals surface area contributed by atoms with E-state index >= 15 is 0 Å². The Morgan fingerprint density at radius 3 is 2.55 bits per heavy atom. The average Bonchev–Trinajstić information content (AvgIpc) is 2.52. The van der Waals surface area contributed by atoms with E-state index in [2.05, 4.69) is 10.6 Å². The van der Waals surface area contributed by atoms with Gasteiger partial charge in [0.05, 0.1) is 11.6 Å². The number of aryl methyl sites for hydroxylation is 1. The summed E-state index contributed by atoms with van der Waals surface area (Å²) < 4.78 is 5.23. The molecule has 1 saturated heterocycles. The first-order chi connectivity index (χ1) is 10.5. The molecule has 5 nitrogen and oxygen atoms in total. The van der Waals surface area contributed by atoms with Crippen LogP contribution in [0.3, 0.4) is 0 Å². The van der Waals surface area contributed by atoms with E-state index in [4.69, 9.17) is 4.74 Å². The molecule has 0 saturated carbocycles. The lowest BCUT2D eigenvalue weighted by molar-refractivity contribution is -0.0600. The number of hydrogen-bond donors (Lipinski definition) is 3. The van der Waals surface area contributed by atoms with Crippen molar-refractivity contribution in [2.24, 2.45) is 0 Å². The Balaban J connectivity index is 1.85. The Morgan fingerprint density at radius 1 is 1.32 bits per heavy atom. The number of amides is 2. The van der Waals surface area contributed by atoms with Crippen LogP contribution in [0.1, 0.15) is 43.4 Å². The maximum absolute atomic E-state index is 12.1. The highest BCUT2D eigenvalue weighted by Crippen LogP contribution is 2.20. The van der Waals surface area contributed by atoms with E-state index in [0.717, 1.165) is 12.0 Å². The van der Waals surface area contributed by atoms with E-state index < -0.39 is 5.60 Å². The van der Waals surface area contributed by atoms with Gasteiger partial charge in [-0.15, -0.1) is 0 Å². The number of ether oxygens (including phenoxy) is 1. The molecule has 122 valence electrons. The minimum absolute atomic E-state index is 0.0232. The van der Waals surface area contributed by atoms with Gasteiger partial charge in [0.1, 0.15) is 0 Å². The monoisotopic (exact) mass is 306 g/mol. The molecule has 0 aliphatic carbocycles. The zero-order chi connectivity index (χ0) is 16.0. The lowest BCUT2D eigenvalue weighted by Gasteiger charge is -2.32. The third-order valence-corrected chi connectivity index (χ3v) is 4.19. The number of benzene rings is 1. The molecule has 1 atom stereocenters. The van der Waals surface area contributed by atoms with Crippen LogP contribution in [-0.4, -0.2) is 36.5 Å². The van der Waals surface area contributed by atoms with Crippen molar-refractivity contribution in [3.63, 3.8) is 0 Å². The van der Waals surface area contributed by atoms with Crippen molar-refractivity contribution in [1.82, 2.24) is 10.6 Å². The molecular formula is C17H26N2O3. The summed E-state index contributed by atoms with van der Waals surface area (Å²) in [4.78, 5) is 12.1. The lowest BCUT2D eigenvalue weighted by atomic mass is 9.94. The summed E-state index contributed by atoms with van der Waals surface area (Å²) in [5, 5.41) is 16.1. The molecule has 1 aliphatic heterocycles. The largest absolute Gasteiger partial charge is 0.388 e. The second-order valence-corrected chi connectivity index (χ2v) is 6.04. The third kappa shape index (κ3) is 4.71. The summed E-state index contributed by atoms with van der Waals surface area (Å²) in [6.45, 7) is 5.42. The molecule has 1 aliphatic rings. The van der Waals surface area contributed by atoms with E-state index in [1.165, 1.54) is 5.56 Å². The maximum atomic E-state index is 12.1. The third-order valence-electron chi connectivity index (χ3n) is 4.19. The van der Waals surface area contributed by atoms with Crippen LogP contribution in [0, 0.1) is 6.92 Å². The Bertz CT molecular complexity index is 481. The molecule has 1 unspecified atom stereocenters. The maximum Gasteiger partial charge on any atom is 0.315 e. The van der Waals surface area contributed by atoms with Crippen molar-refractivity contribution in [3.05, 3.63) is 35.4 Å². The summed E-state index contributed by atoms with van der Waals surface area (Å²) in [6.07, 6.45) is 1.93. The van der Waals surface area contributed by atoms with E-state index in [0.29, 0.717) is 26.1 Å². The summed E-state index contributed by atoms with van der Waals surface area (Å²) >= 11 is 0. The lowest BCUT2D eigenvalue weighted by Crippen LogP contribution is -2.49. The van der Waals surface area contributed by atoms with Gasteiger partial charge in [-0.25, -0.2) is 4.79 Å². The predicted molar refractivity (Wildman–Crippen MR) is 85.7 cm³/mol. The Labute approximate surface area is 132 Å². The SMILES string of the molecule is CCC(NC(=O)NCC1(O)CCOCC1)c1ccc(C)cc1. The molecule has 0 spiro atoms. The van der Waals surface area contributed by atoms with Crippen LogP contribution in [0.5, 0.6) is 0 Å². The van der Waals surface area contributed by atoms with Gasteiger partial charge in [-0.3, -0.25) is 0 Å². The number of carbonyl (C=O) groups excluding carboxylic acids is 1. The van der Waals surface area contributed by atoms with Gasteiger partial charge in [0.2, 0.25) is 0 Å². The van der Waals surface area contributed by atoms with Crippen LogP contribution in [0.15, 0.2) is 24.3 Å². The quantitative estimate of drug-likeness (QED) is 0.781. The average molecular weight is 306 g/mol. The molecule has 2 amide bonds. The van der Waals surface area contributed by atoms with Crippen molar-refractivity contribution in [2.45, 2.75) is 44.8 Å². The van der Waals surface area contributed by atoms with Crippen LogP contribution in [0.2, 0.25) is 0 Å². The summed E-state index contributed by atoms with van der Waals surface area (Å²) in [5.74, 6) is 0. The van der Waals surface area contributed by atoms with Gasteiger partial charge < -0.3 is 20.5 Å². The number of urea groups is 1. The highest BCUT2D eigenvalue weighted by molar-refractivity contribution is 5.74. The normalized spacial score (nSPS) is 18.5. The minimum Gasteiger partial charge on any atom is -0.388 e. The summed E-state index contributed by atoms with van der Waals surface area (Å²) in [7, 11) is 0. The molecule has 1 aromatic carbocycles. The van der Waals surface area contributed by atoms with Crippen molar-refractivity contribution in [1.29, 1.82) is 0 Å². The summed E-state index contributed by atoms with van der Waals surface area (Å²) in [5.41, 5.74) is 1.44. The molecule has 0 aromatic heterocycles. The highest BCUT2D eigenvalue weighted by atomic mass is 16.5. The zero-order valence-corrected chi connectivity index (χ0v) is 13.4. The van der Waals surface area contributed by atoms with Crippen molar-refractivity contribution in [3.8, 4) is 0 Å². The first-order valence-electron chi connectivity index (χ1n) is 7.93. The Kier molecular flexibility index (Phi) is 5.80. The van der Waals surface area contributed by atoms with Crippen molar-refractivity contribution >= 4 is 6.03 Å². The zero-order valence-electron chi connectivity index (χ0n) is 13.4. The fraction of sp³-hybridized carbons (Fsp3) is 0.588. The molecule has 1 heterocycles. The number of aliphatic hydroxyl groups is 1. The molecule has 1 fully saturated rings. The van der Waals surface area contributed by atoms with Gasteiger partial charge in [0.25, 0.3) is 0 Å². The van der Waals surface area contributed by atoms with Crippen LogP contribution >= 0.6 is 0 Å². The van der Waals surface area contributed by atoms with Crippen LogP contribution in [0.25, 0.3) is 0 Å². The number of nitrogens with one attached hydrogen (secondary N) is 2.